The molecule has 13 heteroatoms. The van der Waals surface area contributed by atoms with E-state index in [1.54, 1.807) is 60.8 Å². The van der Waals surface area contributed by atoms with Crippen molar-refractivity contribution < 1.29 is 42.9 Å². The summed E-state index contributed by atoms with van der Waals surface area (Å²) in [5.41, 5.74) is 1.44. The number of esters is 2. The van der Waals surface area contributed by atoms with Crippen molar-refractivity contribution in [2.45, 2.75) is 116 Å². The topological polar surface area (TPSA) is 171 Å². The first-order chi connectivity index (χ1) is 27.6. The van der Waals surface area contributed by atoms with Crippen molar-refractivity contribution in [3.8, 4) is 22.8 Å². The van der Waals surface area contributed by atoms with Gasteiger partial charge in [0.2, 0.25) is 17.7 Å². The summed E-state index contributed by atoms with van der Waals surface area (Å²) in [6.07, 6.45) is 5.66. The molecule has 13 nitrogen and oxygen atoms in total. The van der Waals surface area contributed by atoms with Gasteiger partial charge < -0.3 is 34.9 Å². The highest BCUT2D eigenvalue weighted by atomic mass is 16.6. The average Bonchev–Trinajstić information content (AvgIpc) is 3.64. The smallest absolute Gasteiger partial charge is 0.329 e. The lowest BCUT2D eigenvalue weighted by molar-refractivity contribution is -0.159. The molecule has 0 saturated heterocycles. The molecule has 0 radical (unpaired) electrons. The Labute approximate surface area is 341 Å². The molecule has 1 fully saturated rings. The number of carbonyl (C=O) groups excluding carboxylic acids is 5. The Morgan fingerprint density at radius 1 is 0.879 bits per heavy atom. The summed E-state index contributed by atoms with van der Waals surface area (Å²) in [4.78, 5) is 73.3. The predicted molar refractivity (Wildman–Crippen MR) is 220 cm³/mol. The number of ether oxygens (including phenoxy) is 4. The van der Waals surface area contributed by atoms with E-state index < -0.39 is 65.4 Å². The van der Waals surface area contributed by atoms with Gasteiger partial charge >= 0.3 is 11.9 Å². The Hall–Kier alpha value is -5.46. The molecule has 3 amide bonds. The SMILES string of the molecule is CC[C@H](NC(=O)[C@@H]1C[C@@H](Oc2cc(-c3ccccc3)nc3cc(OC)ccc23)C=C1C(=O)N[C@@H](C(=O)N[C@@H](C(=O)OC)C1CCCCC1)C(C)C)C(=O)OC(C)(C)C. The summed E-state index contributed by atoms with van der Waals surface area (Å²) in [6.45, 7) is 10.6. The van der Waals surface area contributed by atoms with Gasteiger partial charge in [-0.2, -0.15) is 0 Å². The number of pyridine rings is 1. The van der Waals surface area contributed by atoms with Crippen LogP contribution in [-0.4, -0.2) is 78.7 Å². The van der Waals surface area contributed by atoms with Gasteiger partial charge in [-0.15, -0.1) is 0 Å². The van der Waals surface area contributed by atoms with Crippen LogP contribution in [0.5, 0.6) is 11.5 Å². The average molecular weight is 799 g/mol. The summed E-state index contributed by atoms with van der Waals surface area (Å²) in [5.74, 6) is -3.29. The number of methoxy groups -OCH3 is 2. The van der Waals surface area contributed by atoms with Crippen LogP contribution in [0.2, 0.25) is 0 Å². The maximum Gasteiger partial charge on any atom is 0.329 e. The van der Waals surface area contributed by atoms with E-state index in [1.807, 2.05) is 48.5 Å². The normalized spacial score (nSPS) is 18.7. The predicted octanol–water partition coefficient (Wildman–Crippen LogP) is 6.22. The van der Waals surface area contributed by atoms with Crippen molar-refractivity contribution in [2.75, 3.05) is 14.2 Å². The Kier molecular flexibility index (Phi) is 14.5. The zero-order valence-electron chi connectivity index (χ0n) is 34.9. The van der Waals surface area contributed by atoms with E-state index in [2.05, 4.69) is 16.0 Å². The van der Waals surface area contributed by atoms with Gasteiger partial charge in [0.05, 0.1) is 31.3 Å². The van der Waals surface area contributed by atoms with Crippen molar-refractivity contribution in [3.05, 3.63) is 66.2 Å². The van der Waals surface area contributed by atoms with Gasteiger partial charge in [0.15, 0.2) is 0 Å². The summed E-state index contributed by atoms with van der Waals surface area (Å²) >= 11 is 0. The van der Waals surface area contributed by atoms with Gasteiger partial charge in [-0.05, 0) is 70.1 Å². The van der Waals surface area contributed by atoms with Gasteiger partial charge in [-0.25, -0.2) is 14.6 Å². The molecule has 1 heterocycles. The minimum absolute atomic E-state index is 0.0601. The molecular weight excluding hydrogens is 741 g/mol. The van der Waals surface area contributed by atoms with Crippen molar-refractivity contribution in [1.29, 1.82) is 0 Å². The Morgan fingerprint density at radius 2 is 1.59 bits per heavy atom. The minimum Gasteiger partial charge on any atom is -0.497 e. The lowest BCUT2D eigenvalue weighted by Gasteiger charge is -2.31. The van der Waals surface area contributed by atoms with Crippen LogP contribution in [0.1, 0.15) is 86.5 Å². The van der Waals surface area contributed by atoms with E-state index >= 15 is 0 Å². The van der Waals surface area contributed by atoms with Gasteiger partial charge in [-0.1, -0.05) is 70.4 Å². The molecule has 312 valence electrons. The molecule has 1 saturated carbocycles. The molecule has 1 aromatic heterocycles. The molecule has 3 aromatic rings. The molecule has 5 atom stereocenters. The van der Waals surface area contributed by atoms with Crippen LogP contribution < -0.4 is 25.4 Å². The first kappa shape index (κ1) is 43.7. The van der Waals surface area contributed by atoms with Crippen LogP contribution in [0, 0.1) is 17.8 Å². The lowest BCUT2D eigenvalue weighted by atomic mass is 9.83. The second-order valence-corrected chi connectivity index (χ2v) is 16.4. The van der Waals surface area contributed by atoms with Gasteiger partial charge in [0.1, 0.15) is 41.3 Å². The number of benzene rings is 2. The summed E-state index contributed by atoms with van der Waals surface area (Å²) < 4.78 is 22.8. The maximum atomic E-state index is 14.4. The highest BCUT2D eigenvalue weighted by Crippen LogP contribution is 2.36. The zero-order valence-corrected chi connectivity index (χ0v) is 34.9. The Morgan fingerprint density at radius 3 is 2.21 bits per heavy atom. The number of aromatic nitrogens is 1. The summed E-state index contributed by atoms with van der Waals surface area (Å²) in [6, 6.07) is 14.0. The fourth-order valence-electron chi connectivity index (χ4n) is 7.57. The molecule has 58 heavy (non-hydrogen) atoms. The van der Waals surface area contributed by atoms with Crippen LogP contribution in [0.15, 0.2) is 66.2 Å². The van der Waals surface area contributed by atoms with Crippen molar-refractivity contribution in [3.63, 3.8) is 0 Å². The zero-order chi connectivity index (χ0) is 42.1. The third-order valence-electron chi connectivity index (χ3n) is 10.6. The van der Waals surface area contributed by atoms with Gasteiger partial charge in [-0.3, -0.25) is 14.4 Å². The monoisotopic (exact) mass is 798 g/mol. The number of rotatable bonds is 15. The van der Waals surface area contributed by atoms with Gasteiger partial charge in [0.25, 0.3) is 0 Å². The Balaban J connectivity index is 1.47. The van der Waals surface area contributed by atoms with Crippen LogP contribution in [0.3, 0.4) is 0 Å². The second-order valence-electron chi connectivity index (χ2n) is 16.4. The van der Waals surface area contributed by atoms with Gasteiger partial charge in [0, 0.05) is 35.1 Å². The molecule has 0 aliphatic heterocycles. The van der Waals surface area contributed by atoms with Crippen molar-refractivity contribution >= 4 is 40.6 Å². The van der Waals surface area contributed by atoms with E-state index in [9.17, 15) is 24.0 Å². The highest BCUT2D eigenvalue weighted by Gasteiger charge is 2.41. The maximum absolute atomic E-state index is 14.4. The summed E-state index contributed by atoms with van der Waals surface area (Å²) in [5, 5.41) is 9.25. The molecule has 2 aromatic carbocycles. The number of hydrogen-bond donors (Lipinski definition) is 3. The molecule has 3 N–H and O–H groups in total. The lowest BCUT2D eigenvalue weighted by Crippen LogP contribution is -2.56. The number of amides is 3. The molecule has 2 aliphatic carbocycles. The van der Waals surface area contributed by atoms with Crippen LogP contribution in [-0.2, 0) is 33.4 Å². The number of fused-ring (bicyclic) bond motifs is 1. The fraction of sp³-hybridized carbons (Fsp3) is 0.511. The van der Waals surface area contributed by atoms with E-state index in [0.717, 1.165) is 37.7 Å². The number of hydrogen-bond acceptors (Lipinski definition) is 10. The minimum atomic E-state index is -1.05. The number of carbonyl (C=O) groups is 5. The summed E-state index contributed by atoms with van der Waals surface area (Å²) in [7, 11) is 2.87. The number of nitrogens with zero attached hydrogens (tertiary/aromatic N) is 1. The number of nitrogens with one attached hydrogen (secondary N) is 3. The highest BCUT2D eigenvalue weighted by molar-refractivity contribution is 6.03. The van der Waals surface area contributed by atoms with E-state index in [-0.39, 0.29) is 30.3 Å². The van der Waals surface area contributed by atoms with E-state index in [0.29, 0.717) is 28.1 Å². The third kappa shape index (κ3) is 10.9. The Bertz CT molecular complexity index is 1980. The quantitative estimate of drug-likeness (QED) is 0.150. The molecule has 0 unspecified atom stereocenters. The largest absolute Gasteiger partial charge is 0.497 e. The molecule has 0 spiro atoms. The van der Waals surface area contributed by atoms with Crippen LogP contribution in [0.4, 0.5) is 0 Å². The second kappa shape index (κ2) is 19.3. The van der Waals surface area contributed by atoms with Crippen molar-refractivity contribution in [2.24, 2.45) is 17.8 Å². The third-order valence-corrected chi connectivity index (χ3v) is 10.6. The van der Waals surface area contributed by atoms with E-state index in [4.69, 9.17) is 23.9 Å². The first-order valence-electron chi connectivity index (χ1n) is 20.3. The van der Waals surface area contributed by atoms with E-state index in [1.165, 1.54) is 7.11 Å². The molecule has 0 bridgehead atoms. The van der Waals surface area contributed by atoms with Crippen LogP contribution >= 0.6 is 0 Å². The fourth-order valence-corrected chi connectivity index (χ4v) is 7.57. The standard InChI is InChI=1S/C45H58N4O9/c1-9-34(43(53)58-45(4,5)6)47-40(50)32-22-30(57-37-25-35(27-16-12-10-13-17-27)46-36-24-29(55-7)20-21-31(36)37)23-33(32)41(51)48-38(26(2)3)42(52)49-39(44(54)56-8)28-18-14-11-15-19-28/h10,12-13,16-17,20-21,23-26,28,30,32,34,38-39H,9,11,14-15,18-19,22H2,1-8H3,(H,47,50)(H,48,51)(H,49,52)/t30-,32-,34+,38-,39-/m1/s1. The first-order valence-corrected chi connectivity index (χ1v) is 20.3. The molecule has 5 rings (SSSR count). The van der Waals surface area contributed by atoms with Crippen LogP contribution in [0.25, 0.3) is 22.2 Å². The van der Waals surface area contributed by atoms with Crippen molar-refractivity contribution in [1.82, 2.24) is 20.9 Å². The molecular formula is C45H58N4O9. The molecule has 2 aliphatic rings.